The van der Waals surface area contributed by atoms with Crippen molar-refractivity contribution >= 4 is 28.4 Å². The Bertz CT molecular complexity index is 983. The van der Waals surface area contributed by atoms with E-state index in [1.54, 1.807) is 19.4 Å². The molecule has 5 nitrogen and oxygen atoms in total. The van der Waals surface area contributed by atoms with Gasteiger partial charge in [-0.05, 0) is 42.5 Å². The Morgan fingerprint density at radius 3 is 2.61 bits per heavy atom. The van der Waals surface area contributed by atoms with Crippen LogP contribution >= 0.6 is 11.6 Å². The Balaban J connectivity index is 1.44. The molecule has 3 aromatic rings. The molecule has 0 N–H and O–H groups in total. The van der Waals surface area contributed by atoms with Crippen LogP contribution in [0.2, 0.25) is 5.02 Å². The summed E-state index contributed by atoms with van der Waals surface area (Å²) in [5, 5.41) is 1.58. The second kappa shape index (κ2) is 8.07. The molecular formula is C22H21ClN2O3. The maximum Gasteiger partial charge on any atom is 0.254 e. The molecule has 0 aliphatic carbocycles. The first kappa shape index (κ1) is 18.6. The van der Waals surface area contributed by atoms with Crippen molar-refractivity contribution in [1.82, 2.24) is 9.88 Å². The van der Waals surface area contributed by atoms with Crippen LogP contribution in [0.15, 0.2) is 54.7 Å². The minimum Gasteiger partial charge on any atom is -0.494 e. The van der Waals surface area contributed by atoms with Gasteiger partial charge in [0.2, 0.25) is 0 Å². The van der Waals surface area contributed by atoms with Crippen LogP contribution in [-0.4, -0.2) is 42.1 Å². The predicted octanol–water partition coefficient (Wildman–Crippen LogP) is 4.58. The summed E-state index contributed by atoms with van der Waals surface area (Å²) in [5.41, 5.74) is 1.38. The Morgan fingerprint density at radius 2 is 1.89 bits per heavy atom. The number of nitrogens with zero attached hydrogens (tertiary/aromatic N) is 2. The number of likely N-dealkylation sites (tertiary alicyclic amines) is 1. The van der Waals surface area contributed by atoms with Crippen LogP contribution in [0.4, 0.5) is 0 Å². The molecule has 1 saturated heterocycles. The first-order chi connectivity index (χ1) is 13.6. The summed E-state index contributed by atoms with van der Waals surface area (Å²) in [7, 11) is 1.59. The molecule has 0 atom stereocenters. The molecule has 2 heterocycles. The number of fused-ring (bicyclic) bond motifs is 1. The third-order valence-corrected chi connectivity index (χ3v) is 5.23. The lowest BCUT2D eigenvalue weighted by atomic mass is 10.0. The van der Waals surface area contributed by atoms with E-state index in [1.807, 2.05) is 47.4 Å². The molecule has 1 aliphatic heterocycles. The number of methoxy groups -OCH3 is 1. The third kappa shape index (κ3) is 3.90. The SMILES string of the molecule is COc1cc(C(=O)N2CCC(Oc3ccc(Cl)cc3)CC2)cc2cccnc12. The second-order valence-corrected chi connectivity index (χ2v) is 7.25. The van der Waals surface area contributed by atoms with E-state index in [0.29, 0.717) is 29.4 Å². The van der Waals surface area contributed by atoms with Gasteiger partial charge in [0.05, 0.1) is 7.11 Å². The zero-order chi connectivity index (χ0) is 19.5. The van der Waals surface area contributed by atoms with Crippen molar-refractivity contribution in [1.29, 1.82) is 0 Å². The summed E-state index contributed by atoms with van der Waals surface area (Å²) in [4.78, 5) is 19.2. The Labute approximate surface area is 168 Å². The highest BCUT2D eigenvalue weighted by Gasteiger charge is 2.25. The molecule has 1 aromatic heterocycles. The van der Waals surface area contributed by atoms with E-state index in [2.05, 4.69) is 4.98 Å². The number of benzene rings is 2. The molecule has 1 fully saturated rings. The number of amides is 1. The van der Waals surface area contributed by atoms with E-state index in [1.165, 1.54) is 0 Å². The Morgan fingerprint density at radius 1 is 1.14 bits per heavy atom. The van der Waals surface area contributed by atoms with Crippen LogP contribution in [0.5, 0.6) is 11.5 Å². The monoisotopic (exact) mass is 396 g/mol. The van der Waals surface area contributed by atoms with Crippen molar-refractivity contribution in [2.24, 2.45) is 0 Å². The van der Waals surface area contributed by atoms with Gasteiger partial charge >= 0.3 is 0 Å². The number of pyridine rings is 1. The molecule has 1 aliphatic rings. The van der Waals surface area contributed by atoms with E-state index in [-0.39, 0.29) is 12.0 Å². The van der Waals surface area contributed by atoms with E-state index in [0.717, 1.165) is 29.5 Å². The Hall–Kier alpha value is -2.79. The number of rotatable bonds is 4. The van der Waals surface area contributed by atoms with Crippen LogP contribution in [0, 0.1) is 0 Å². The molecule has 0 spiro atoms. The van der Waals surface area contributed by atoms with Crippen LogP contribution in [0.3, 0.4) is 0 Å². The van der Waals surface area contributed by atoms with Gasteiger partial charge in [-0.1, -0.05) is 17.7 Å². The van der Waals surface area contributed by atoms with E-state index >= 15 is 0 Å². The molecule has 4 rings (SSSR count). The maximum atomic E-state index is 13.0. The fourth-order valence-electron chi connectivity index (χ4n) is 3.50. The fourth-order valence-corrected chi connectivity index (χ4v) is 3.63. The molecule has 2 aromatic carbocycles. The third-order valence-electron chi connectivity index (χ3n) is 4.98. The van der Waals surface area contributed by atoms with Crippen molar-refractivity contribution in [3.05, 3.63) is 65.3 Å². The molecule has 6 heteroatoms. The lowest BCUT2D eigenvalue weighted by Crippen LogP contribution is -2.41. The van der Waals surface area contributed by atoms with Gasteiger partial charge < -0.3 is 14.4 Å². The predicted molar refractivity (Wildman–Crippen MR) is 109 cm³/mol. The summed E-state index contributed by atoms with van der Waals surface area (Å²) in [5.74, 6) is 1.43. The molecule has 0 bridgehead atoms. The highest BCUT2D eigenvalue weighted by Crippen LogP contribution is 2.27. The summed E-state index contributed by atoms with van der Waals surface area (Å²) < 4.78 is 11.4. The number of piperidine rings is 1. The van der Waals surface area contributed by atoms with Crippen molar-refractivity contribution in [3.8, 4) is 11.5 Å². The van der Waals surface area contributed by atoms with Crippen molar-refractivity contribution in [3.63, 3.8) is 0 Å². The minimum atomic E-state index is 0.00833. The van der Waals surface area contributed by atoms with E-state index in [9.17, 15) is 4.79 Å². The molecular weight excluding hydrogens is 376 g/mol. The second-order valence-electron chi connectivity index (χ2n) is 6.82. The maximum absolute atomic E-state index is 13.0. The zero-order valence-corrected chi connectivity index (χ0v) is 16.4. The van der Waals surface area contributed by atoms with Crippen molar-refractivity contribution in [2.75, 3.05) is 20.2 Å². The van der Waals surface area contributed by atoms with E-state index in [4.69, 9.17) is 21.1 Å². The van der Waals surface area contributed by atoms with Gasteiger partial charge in [-0.3, -0.25) is 9.78 Å². The van der Waals surface area contributed by atoms with Crippen LogP contribution in [-0.2, 0) is 0 Å². The van der Waals surface area contributed by atoms with Gasteiger partial charge in [0.25, 0.3) is 5.91 Å². The van der Waals surface area contributed by atoms with Gasteiger partial charge in [-0.25, -0.2) is 0 Å². The number of hydrogen-bond donors (Lipinski definition) is 0. The number of halogens is 1. The quantitative estimate of drug-likeness (QED) is 0.647. The van der Waals surface area contributed by atoms with E-state index < -0.39 is 0 Å². The fraction of sp³-hybridized carbons (Fsp3) is 0.273. The van der Waals surface area contributed by atoms with Gasteiger partial charge in [-0.2, -0.15) is 0 Å². The first-order valence-corrected chi connectivity index (χ1v) is 9.66. The molecule has 1 amide bonds. The summed E-state index contributed by atoms with van der Waals surface area (Å²) >= 11 is 5.91. The normalized spacial score (nSPS) is 14.9. The number of ether oxygens (including phenoxy) is 2. The molecule has 0 radical (unpaired) electrons. The van der Waals surface area contributed by atoms with Crippen molar-refractivity contribution < 1.29 is 14.3 Å². The van der Waals surface area contributed by atoms with Gasteiger partial charge in [0, 0.05) is 48.1 Å². The molecule has 0 unspecified atom stereocenters. The Kier molecular flexibility index (Phi) is 5.35. The zero-order valence-electron chi connectivity index (χ0n) is 15.6. The molecule has 28 heavy (non-hydrogen) atoms. The topological polar surface area (TPSA) is 51.7 Å². The van der Waals surface area contributed by atoms with Gasteiger partial charge in [0.15, 0.2) is 0 Å². The minimum absolute atomic E-state index is 0.00833. The largest absolute Gasteiger partial charge is 0.494 e. The number of hydrogen-bond acceptors (Lipinski definition) is 4. The van der Waals surface area contributed by atoms with Crippen LogP contribution in [0.1, 0.15) is 23.2 Å². The highest BCUT2D eigenvalue weighted by molar-refractivity contribution is 6.30. The summed E-state index contributed by atoms with van der Waals surface area (Å²) in [6, 6.07) is 14.8. The lowest BCUT2D eigenvalue weighted by Gasteiger charge is -2.32. The smallest absolute Gasteiger partial charge is 0.254 e. The van der Waals surface area contributed by atoms with Gasteiger partial charge in [0.1, 0.15) is 23.1 Å². The van der Waals surface area contributed by atoms with Crippen molar-refractivity contribution in [2.45, 2.75) is 18.9 Å². The average Bonchev–Trinajstić information content (AvgIpc) is 2.74. The summed E-state index contributed by atoms with van der Waals surface area (Å²) in [6.07, 6.45) is 3.40. The van der Waals surface area contributed by atoms with Gasteiger partial charge in [-0.15, -0.1) is 0 Å². The molecule has 0 saturated carbocycles. The number of carbonyl (C=O) groups is 1. The first-order valence-electron chi connectivity index (χ1n) is 9.28. The lowest BCUT2D eigenvalue weighted by molar-refractivity contribution is 0.0595. The number of carbonyl (C=O) groups excluding carboxylic acids is 1. The standard InChI is InChI=1S/C22H21ClN2O3/c1-27-20-14-16(13-15-3-2-10-24-21(15)20)22(26)25-11-8-19(9-12-25)28-18-6-4-17(23)5-7-18/h2-7,10,13-14,19H,8-9,11-12H2,1H3. The van der Waals surface area contributed by atoms with Crippen LogP contribution < -0.4 is 9.47 Å². The highest BCUT2D eigenvalue weighted by atomic mass is 35.5. The number of aromatic nitrogens is 1. The van der Waals surface area contributed by atoms with Crippen LogP contribution in [0.25, 0.3) is 10.9 Å². The molecule has 144 valence electrons. The summed E-state index contributed by atoms with van der Waals surface area (Å²) in [6.45, 7) is 1.31. The average molecular weight is 397 g/mol.